The van der Waals surface area contributed by atoms with E-state index in [1.807, 2.05) is 17.4 Å². The summed E-state index contributed by atoms with van der Waals surface area (Å²) in [6.45, 7) is 11.0. The molecule has 0 fully saturated rings. The maximum atomic E-state index is 12.9. The first-order chi connectivity index (χ1) is 13.0. The molecule has 0 aromatic carbocycles. The van der Waals surface area contributed by atoms with Crippen LogP contribution < -0.4 is 10.9 Å². The van der Waals surface area contributed by atoms with Crippen LogP contribution in [0.2, 0.25) is 0 Å². The van der Waals surface area contributed by atoms with Crippen LogP contribution in [-0.2, 0) is 11.2 Å². The highest BCUT2D eigenvalue weighted by atomic mass is 16.3. The quantitative estimate of drug-likeness (QED) is 0.651. The number of hydrogen-bond donors (Lipinski definition) is 1. The van der Waals surface area contributed by atoms with Crippen LogP contribution in [0, 0.1) is 0 Å². The van der Waals surface area contributed by atoms with Crippen molar-refractivity contribution in [3.63, 3.8) is 0 Å². The summed E-state index contributed by atoms with van der Waals surface area (Å²) in [7, 11) is 0. The number of hydrogen-bond acceptors (Lipinski definition) is 5. The number of aromatic nitrogens is 3. The van der Waals surface area contributed by atoms with Crippen molar-refractivity contribution < 1.29 is 9.21 Å². The van der Waals surface area contributed by atoms with Crippen molar-refractivity contribution in [2.45, 2.75) is 40.2 Å². The molecule has 0 aliphatic heterocycles. The lowest BCUT2D eigenvalue weighted by atomic mass is 10.3. The average Bonchev–Trinajstić information content (AvgIpc) is 3.27. The van der Waals surface area contributed by atoms with Gasteiger partial charge in [-0.25, -0.2) is 4.68 Å². The summed E-state index contributed by atoms with van der Waals surface area (Å²) in [5.74, 6) is 0.502. The van der Waals surface area contributed by atoms with E-state index >= 15 is 0 Å². The van der Waals surface area contributed by atoms with Crippen LogP contribution in [-0.4, -0.2) is 51.2 Å². The Labute approximate surface area is 157 Å². The lowest BCUT2D eigenvalue weighted by Gasteiger charge is -2.20. The van der Waals surface area contributed by atoms with E-state index < -0.39 is 6.04 Å². The Balaban J connectivity index is 1.88. The summed E-state index contributed by atoms with van der Waals surface area (Å²) in [5.41, 5.74) is 1.62. The maximum Gasteiger partial charge on any atom is 0.291 e. The third kappa shape index (κ3) is 3.49. The van der Waals surface area contributed by atoms with Gasteiger partial charge in [-0.05, 0) is 20.0 Å². The van der Waals surface area contributed by atoms with E-state index in [4.69, 9.17) is 4.42 Å². The third-order valence-electron chi connectivity index (χ3n) is 5.02. The fourth-order valence-electron chi connectivity index (χ4n) is 3.32. The lowest BCUT2D eigenvalue weighted by molar-refractivity contribution is -0.124. The molecule has 0 saturated heterocycles. The van der Waals surface area contributed by atoms with Gasteiger partial charge in [0.1, 0.15) is 17.4 Å². The maximum absolute atomic E-state index is 12.9. The average molecular weight is 373 g/mol. The number of aryl methyl sites for hydroxylation is 1. The molecule has 3 aromatic rings. The zero-order valence-electron chi connectivity index (χ0n) is 16.4. The molecule has 8 nitrogen and oxygen atoms in total. The summed E-state index contributed by atoms with van der Waals surface area (Å²) in [6, 6.07) is 2.83. The van der Waals surface area contributed by atoms with E-state index in [0.717, 1.165) is 25.2 Å². The van der Waals surface area contributed by atoms with Crippen molar-refractivity contribution in [2.75, 3.05) is 26.2 Å². The first kappa shape index (κ1) is 19.2. The highest BCUT2D eigenvalue weighted by molar-refractivity contribution is 5.83. The molecule has 0 aliphatic carbocycles. The van der Waals surface area contributed by atoms with Crippen LogP contribution in [0.25, 0.3) is 16.6 Å². The van der Waals surface area contributed by atoms with Crippen LogP contribution in [0.4, 0.5) is 0 Å². The Bertz CT molecular complexity index is 996. The summed E-state index contributed by atoms with van der Waals surface area (Å²) in [5, 5.41) is 7.38. The van der Waals surface area contributed by atoms with Crippen molar-refractivity contribution in [1.29, 1.82) is 0 Å². The van der Waals surface area contributed by atoms with Gasteiger partial charge in [-0.15, -0.1) is 0 Å². The second-order valence-electron chi connectivity index (χ2n) is 6.55. The molecule has 27 heavy (non-hydrogen) atoms. The van der Waals surface area contributed by atoms with E-state index in [9.17, 15) is 9.59 Å². The number of furan rings is 1. The van der Waals surface area contributed by atoms with Gasteiger partial charge in [0.2, 0.25) is 5.91 Å². The Hall–Kier alpha value is -2.61. The van der Waals surface area contributed by atoms with E-state index in [1.54, 1.807) is 19.3 Å². The Kier molecular flexibility index (Phi) is 5.65. The number of carbonyl (C=O) groups is 1. The van der Waals surface area contributed by atoms with Crippen LogP contribution in [0.1, 0.15) is 39.6 Å². The van der Waals surface area contributed by atoms with Crippen molar-refractivity contribution in [3.05, 3.63) is 34.6 Å². The van der Waals surface area contributed by atoms with Gasteiger partial charge in [-0.1, -0.05) is 20.8 Å². The van der Waals surface area contributed by atoms with Crippen molar-refractivity contribution in [3.8, 4) is 0 Å². The molecular formula is C19H27N5O3. The molecule has 146 valence electrons. The predicted octanol–water partition coefficient (Wildman–Crippen LogP) is 1.82. The minimum atomic E-state index is -0.689. The molecule has 0 spiro atoms. The number of nitrogens with zero attached hydrogens (tertiary/aromatic N) is 4. The number of rotatable bonds is 8. The van der Waals surface area contributed by atoms with Crippen LogP contribution in [0.15, 0.2) is 27.6 Å². The summed E-state index contributed by atoms with van der Waals surface area (Å²) in [4.78, 5) is 27.7. The summed E-state index contributed by atoms with van der Waals surface area (Å²) < 4.78 is 8.51. The van der Waals surface area contributed by atoms with Crippen molar-refractivity contribution >= 4 is 22.5 Å². The minimum absolute atomic E-state index is 0.210. The highest BCUT2D eigenvalue weighted by Crippen LogP contribution is 2.21. The molecule has 0 bridgehead atoms. The van der Waals surface area contributed by atoms with Crippen molar-refractivity contribution in [1.82, 2.24) is 24.4 Å². The molecule has 1 unspecified atom stereocenters. The monoisotopic (exact) mass is 373 g/mol. The first-order valence-corrected chi connectivity index (χ1v) is 9.52. The van der Waals surface area contributed by atoms with Crippen LogP contribution in [0.5, 0.6) is 0 Å². The molecule has 3 heterocycles. The van der Waals surface area contributed by atoms with Crippen LogP contribution >= 0.6 is 0 Å². The summed E-state index contributed by atoms with van der Waals surface area (Å²) in [6.07, 6.45) is 2.22. The molecule has 0 aliphatic rings. The zero-order valence-corrected chi connectivity index (χ0v) is 16.4. The van der Waals surface area contributed by atoms with E-state index in [0.29, 0.717) is 29.9 Å². The Morgan fingerprint density at radius 1 is 1.30 bits per heavy atom. The highest BCUT2D eigenvalue weighted by Gasteiger charge is 2.22. The third-order valence-corrected chi connectivity index (χ3v) is 5.02. The molecule has 3 aromatic heterocycles. The molecule has 3 rings (SSSR count). The number of carbonyl (C=O) groups excluding carboxylic acids is 1. The van der Waals surface area contributed by atoms with E-state index in [2.05, 4.69) is 29.2 Å². The first-order valence-electron chi connectivity index (χ1n) is 9.52. The molecule has 1 N–H and O–H groups in total. The molecule has 8 heteroatoms. The van der Waals surface area contributed by atoms with Gasteiger partial charge in [0, 0.05) is 31.6 Å². The lowest BCUT2D eigenvalue weighted by Crippen LogP contribution is -2.41. The van der Waals surface area contributed by atoms with Gasteiger partial charge in [-0.3, -0.25) is 14.0 Å². The minimum Gasteiger partial charge on any atom is -0.463 e. The smallest absolute Gasteiger partial charge is 0.291 e. The Morgan fingerprint density at radius 3 is 2.70 bits per heavy atom. The molecule has 1 amide bonds. The molecule has 0 radical (unpaired) electrons. The van der Waals surface area contributed by atoms with E-state index in [-0.39, 0.29) is 11.5 Å². The van der Waals surface area contributed by atoms with Crippen LogP contribution in [0.3, 0.4) is 0 Å². The van der Waals surface area contributed by atoms with Gasteiger partial charge < -0.3 is 14.6 Å². The second kappa shape index (κ2) is 7.96. The van der Waals surface area contributed by atoms with Gasteiger partial charge in [0.25, 0.3) is 5.56 Å². The zero-order chi connectivity index (χ0) is 19.6. The molecule has 1 atom stereocenters. The Morgan fingerprint density at radius 2 is 2.04 bits per heavy atom. The fourth-order valence-corrected chi connectivity index (χ4v) is 3.32. The second-order valence-corrected chi connectivity index (χ2v) is 6.55. The van der Waals surface area contributed by atoms with Gasteiger partial charge in [-0.2, -0.15) is 5.10 Å². The van der Waals surface area contributed by atoms with E-state index in [1.165, 1.54) is 4.68 Å². The SMILES string of the molecule is CCc1nn(C(C)C(=O)NCCN(CC)CC)c(=O)c2cc3occc3n12. The number of nitrogens with one attached hydrogen (secondary N) is 1. The molecule has 0 saturated carbocycles. The van der Waals surface area contributed by atoms with Gasteiger partial charge in [0.15, 0.2) is 5.58 Å². The largest absolute Gasteiger partial charge is 0.463 e. The predicted molar refractivity (Wildman–Crippen MR) is 104 cm³/mol. The molecular weight excluding hydrogens is 346 g/mol. The van der Waals surface area contributed by atoms with Gasteiger partial charge in [0.05, 0.1) is 11.8 Å². The fraction of sp³-hybridized carbons (Fsp3) is 0.526. The standard InChI is InChI=1S/C19H27N5O3/c1-5-17-21-24(13(4)18(25)20-9-10-22(6-2)7-3)19(26)15-12-16-14(23(15)17)8-11-27-16/h8,11-13H,5-7,9-10H2,1-4H3,(H,20,25). The normalized spacial score (nSPS) is 12.9. The van der Waals surface area contributed by atoms with Crippen molar-refractivity contribution in [2.24, 2.45) is 0 Å². The number of likely N-dealkylation sites (N-methyl/N-ethyl adjacent to an activating group) is 1. The topological polar surface area (TPSA) is 84.8 Å². The number of fused-ring (bicyclic) bond motifs is 3. The number of amides is 1. The summed E-state index contributed by atoms with van der Waals surface area (Å²) >= 11 is 0. The van der Waals surface area contributed by atoms with Gasteiger partial charge >= 0.3 is 0 Å².